The van der Waals surface area contributed by atoms with E-state index < -0.39 is 0 Å². The number of methoxy groups -OCH3 is 1. The quantitative estimate of drug-likeness (QED) is 0.756. The maximum Gasteiger partial charge on any atom is 0.118 e. The molecular formula is C17H18N2O. The van der Waals surface area contributed by atoms with Gasteiger partial charge in [0.1, 0.15) is 5.75 Å². The van der Waals surface area contributed by atoms with Crippen LogP contribution in [0, 0.1) is 0 Å². The minimum Gasteiger partial charge on any atom is -0.497 e. The van der Waals surface area contributed by atoms with Gasteiger partial charge in [0.25, 0.3) is 0 Å². The highest BCUT2D eigenvalue weighted by Crippen LogP contribution is 2.34. The number of rotatable bonds is 3. The first-order valence-electron chi connectivity index (χ1n) is 6.71. The molecule has 0 aliphatic heterocycles. The number of ether oxygens (including phenoxy) is 1. The largest absolute Gasteiger partial charge is 0.497 e. The van der Waals surface area contributed by atoms with Gasteiger partial charge in [-0.3, -0.25) is 0 Å². The first kappa shape index (κ1) is 12.8. The molecule has 20 heavy (non-hydrogen) atoms. The minimum absolute atomic E-state index is 0.0248. The molecule has 1 atom stereocenters. The van der Waals surface area contributed by atoms with Gasteiger partial charge in [-0.05, 0) is 42.8 Å². The second-order valence-electron chi connectivity index (χ2n) is 4.98. The predicted octanol–water partition coefficient (Wildman–Crippen LogP) is 3.86. The molecule has 2 aromatic carbocycles. The van der Waals surface area contributed by atoms with Gasteiger partial charge in [-0.1, -0.05) is 18.2 Å². The van der Waals surface area contributed by atoms with Crippen LogP contribution in [0.1, 0.15) is 18.5 Å². The molecule has 3 rings (SSSR count). The second-order valence-corrected chi connectivity index (χ2v) is 4.98. The highest BCUT2D eigenvalue weighted by molar-refractivity contribution is 5.91. The molecule has 0 aliphatic rings. The van der Waals surface area contributed by atoms with Crippen molar-refractivity contribution in [1.82, 2.24) is 4.98 Å². The van der Waals surface area contributed by atoms with Crippen LogP contribution in [0.2, 0.25) is 0 Å². The summed E-state index contributed by atoms with van der Waals surface area (Å²) in [5.74, 6) is 0.854. The van der Waals surface area contributed by atoms with Crippen molar-refractivity contribution in [3.05, 3.63) is 54.1 Å². The average Bonchev–Trinajstić information content (AvgIpc) is 2.86. The Morgan fingerprint density at radius 1 is 1.05 bits per heavy atom. The van der Waals surface area contributed by atoms with E-state index in [0.29, 0.717) is 0 Å². The summed E-state index contributed by atoms with van der Waals surface area (Å²) in [5, 5.41) is 1.19. The molecular weight excluding hydrogens is 248 g/mol. The van der Waals surface area contributed by atoms with Crippen molar-refractivity contribution in [3.8, 4) is 17.0 Å². The zero-order valence-corrected chi connectivity index (χ0v) is 11.7. The molecule has 1 aromatic heterocycles. The van der Waals surface area contributed by atoms with Crippen LogP contribution in [-0.4, -0.2) is 12.1 Å². The van der Waals surface area contributed by atoms with Crippen LogP contribution >= 0.6 is 0 Å². The lowest BCUT2D eigenvalue weighted by atomic mass is 10.0. The number of nitrogens with two attached hydrogens (primary N) is 1. The topological polar surface area (TPSA) is 51.0 Å². The molecule has 0 saturated heterocycles. The van der Waals surface area contributed by atoms with Gasteiger partial charge in [-0.15, -0.1) is 0 Å². The lowest BCUT2D eigenvalue weighted by Crippen LogP contribution is -2.05. The molecule has 0 bridgehead atoms. The fourth-order valence-corrected chi connectivity index (χ4v) is 2.62. The van der Waals surface area contributed by atoms with Crippen molar-refractivity contribution >= 4 is 10.9 Å². The van der Waals surface area contributed by atoms with Gasteiger partial charge in [0.2, 0.25) is 0 Å². The van der Waals surface area contributed by atoms with Crippen molar-refractivity contribution in [3.63, 3.8) is 0 Å². The third kappa shape index (κ3) is 2.06. The standard InChI is InChI=1S/C17H18N2O/c1-11(18)16-14-5-3-4-6-15(14)19-17(16)12-7-9-13(20-2)10-8-12/h3-11,19H,18H2,1-2H3. The van der Waals surface area contributed by atoms with Crippen LogP contribution < -0.4 is 10.5 Å². The Hall–Kier alpha value is -2.26. The van der Waals surface area contributed by atoms with Gasteiger partial charge in [-0.2, -0.15) is 0 Å². The second kappa shape index (κ2) is 5.02. The molecule has 0 spiro atoms. The number of para-hydroxylation sites is 1. The normalized spacial score (nSPS) is 12.6. The molecule has 3 N–H and O–H groups in total. The van der Waals surface area contributed by atoms with E-state index in [4.69, 9.17) is 10.5 Å². The molecule has 3 nitrogen and oxygen atoms in total. The van der Waals surface area contributed by atoms with Crippen LogP contribution in [0.5, 0.6) is 5.75 Å². The maximum absolute atomic E-state index is 6.17. The molecule has 0 radical (unpaired) electrons. The first-order valence-corrected chi connectivity index (χ1v) is 6.71. The maximum atomic E-state index is 6.17. The number of hydrogen-bond acceptors (Lipinski definition) is 2. The van der Waals surface area contributed by atoms with E-state index in [-0.39, 0.29) is 6.04 Å². The lowest BCUT2D eigenvalue weighted by Gasteiger charge is -2.09. The Morgan fingerprint density at radius 3 is 2.40 bits per heavy atom. The van der Waals surface area contributed by atoms with Crippen LogP contribution in [0.4, 0.5) is 0 Å². The molecule has 0 fully saturated rings. The Bertz CT molecular complexity index is 726. The Labute approximate surface area is 118 Å². The number of aromatic amines is 1. The summed E-state index contributed by atoms with van der Waals surface area (Å²) in [6.07, 6.45) is 0. The molecule has 3 aromatic rings. The predicted molar refractivity (Wildman–Crippen MR) is 82.9 cm³/mol. The molecule has 0 amide bonds. The molecule has 3 heteroatoms. The summed E-state index contributed by atoms with van der Waals surface area (Å²) < 4.78 is 5.21. The van der Waals surface area contributed by atoms with E-state index >= 15 is 0 Å². The smallest absolute Gasteiger partial charge is 0.118 e. The number of hydrogen-bond donors (Lipinski definition) is 2. The molecule has 1 heterocycles. The fourth-order valence-electron chi connectivity index (χ4n) is 2.62. The monoisotopic (exact) mass is 266 g/mol. The van der Waals surface area contributed by atoms with Crippen LogP contribution in [0.3, 0.4) is 0 Å². The van der Waals surface area contributed by atoms with Gasteiger partial charge < -0.3 is 15.5 Å². The van der Waals surface area contributed by atoms with Crippen LogP contribution in [-0.2, 0) is 0 Å². The summed E-state index contributed by atoms with van der Waals surface area (Å²) in [6, 6.07) is 16.3. The van der Waals surface area contributed by atoms with Gasteiger partial charge in [0, 0.05) is 22.5 Å². The van der Waals surface area contributed by atoms with Crippen molar-refractivity contribution in [2.45, 2.75) is 13.0 Å². The van der Waals surface area contributed by atoms with Crippen molar-refractivity contribution < 1.29 is 4.74 Å². The average molecular weight is 266 g/mol. The van der Waals surface area contributed by atoms with E-state index in [1.807, 2.05) is 31.2 Å². The summed E-state index contributed by atoms with van der Waals surface area (Å²) in [5.41, 5.74) is 10.7. The third-order valence-electron chi connectivity index (χ3n) is 3.58. The third-order valence-corrected chi connectivity index (χ3v) is 3.58. The van der Waals surface area contributed by atoms with E-state index in [1.54, 1.807) is 7.11 Å². The number of H-pyrrole nitrogens is 1. The van der Waals surface area contributed by atoms with Crippen molar-refractivity contribution in [2.24, 2.45) is 5.73 Å². The van der Waals surface area contributed by atoms with Crippen molar-refractivity contribution in [2.75, 3.05) is 7.11 Å². The van der Waals surface area contributed by atoms with E-state index in [0.717, 1.165) is 28.1 Å². The van der Waals surface area contributed by atoms with Crippen molar-refractivity contribution in [1.29, 1.82) is 0 Å². The molecule has 0 saturated carbocycles. The van der Waals surface area contributed by atoms with E-state index in [2.05, 4.69) is 29.2 Å². The number of aromatic nitrogens is 1. The summed E-state index contributed by atoms with van der Waals surface area (Å²) in [6.45, 7) is 2.02. The van der Waals surface area contributed by atoms with Gasteiger partial charge in [0.05, 0.1) is 12.8 Å². The fraction of sp³-hybridized carbons (Fsp3) is 0.176. The zero-order chi connectivity index (χ0) is 14.1. The minimum atomic E-state index is -0.0248. The Balaban J connectivity index is 2.21. The zero-order valence-electron chi connectivity index (χ0n) is 11.7. The Kier molecular flexibility index (Phi) is 3.20. The van der Waals surface area contributed by atoms with Crippen LogP contribution in [0.25, 0.3) is 22.2 Å². The van der Waals surface area contributed by atoms with Gasteiger partial charge >= 0.3 is 0 Å². The van der Waals surface area contributed by atoms with Gasteiger partial charge in [-0.25, -0.2) is 0 Å². The first-order chi connectivity index (χ1) is 9.70. The number of fused-ring (bicyclic) bond motifs is 1. The lowest BCUT2D eigenvalue weighted by molar-refractivity contribution is 0.415. The summed E-state index contributed by atoms with van der Waals surface area (Å²) in [7, 11) is 1.67. The van der Waals surface area contributed by atoms with Gasteiger partial charge in [0.15, 0.2) is 0 Å². The number of nitrogens with one attached hydrogen (secondary N) is 1. The Morgan fingerprint density at radius 2 is 1.75 bits per heavy atom. The van der Waals surface area contributed by atoms with E-state index in [1.165, 1.54) is 5.39 Å². The summed E-state index contributed by atoms with van der Waals surface area (Å²) in [4.78, 5) is 3.48. The molecule has 102 valence electrons. The SMILES string of the molecule is COc1ccc(-c2[nH]c3ccccc3c2C(C)N)cc1. The molecule has 0 aliphatic carbocycles. The number of benzene rings is 2. The van der Waals surface area contributed by atoms with E-state index in [9.17, 15) is 0 Å². The summed E-state index contributed by atoms with van der Waals surface area (Å²) >= 11 is 0. The molecule has 1 unspecified atom stereocenters. The van der Waals surface area contributed by atoms with Crippen LogP contribution in [0.15, 0.2) is 48.5 Å². The highest BCUT2D eigenvalue weighted by atomic mass is 16.5. The highest BCUT2D eigenvalue weighted by Gasteiger charge is 2.15.